The van der Waals surface area contributed by atoms with Crippen LogP contribution in [0.5, 0.6) is 5.75 Å². The van der Waals surface area contributed by atoms with Gasteiger partial charge in [0.1, 0.15) is 0 Å². The molecule has 1 aliphatic rings. The normalized spacial score (nSPS) is 18.4. The Morgan fingerprint density at radius 3 is 1.59 bits per heavy atom. The van der Waals surface area contributed by atoms with Crippen molar-refractivity contribution >= 4 is 4.96 Å². The zero-order valence-corrected chi connectivity index (χ0v) is 23.3. The van der Waals surface area contributed by atoms with E-state index in [1.807, 2.05) is 37.3 Å². The van der Waals surface area contributed by atoms with E-state index in [0.717, 1.165) is 29.5 Å². The summed E-state index contributed by atoms with van der Waals surface area (Å²) < 4.78 is 103. The second-order valence-electron chi connectivity index (χ2n) is 10.0. The second-order valence-corrected chi connectivity index (χ2v) is 10.3. The Morgan fingerprint density at radius 1 is 0.829 bits per heavy atom. The summed E-state index contributed by atoms with van der Waals surface area (Å²) in [5.41, 5.74) is 11.4. The summed E-state index contributed by atoms with van der Waals surface area (Å²) in [6, 6.07) is 14.0. The molecule has 2 aromatic carbocycles. The third-order valence-corrected chi connectivity index (χ3v) is 6.84. The number of alkyl halides is 9. The molecule has 0 spiro atoms. The molecule has 41 heavy (non-hydrogen) atoms. The van der Waals surface area contributed by atoms with Gasteiger partial charge in [0.15, 0.2) is 0 Å². The van der Waals surface area contributed by atoms with Crippen LogP contribution in [0.4, 0.5) is 39.5 Å². The van der Waals surface area contributed by atoms with Crippen molar-refractivity contribution in [3.63, 3.8) is 0 Å². The molecule has 0 amide bonds. The number of hydrogen-bond donors (Lipinski definition) is 2. The van der Waals surface area contributed by atoms with E-state index >= 15 is 0 Å². The van der Waals surface area contributed by atoms with Gasteiger partial charge in [0.25, 0.3) is 0 Å². The van der Waals surface area contributed by atoms with Crippen LogP contribution in [-0.4, -0.2) is 51.4 Å². The van der Waals surface area contributed by atoms with Gasteiger partial charge in [-0.3, -0.25) is 0 Å². The van der Waals surface area contributed by atoms with Crippen LogP contribution in [0.1, 0.15) is 61.8 Å². The molecule has 4 N–H and O–H groups in total. The van der Waals surface area contributed by atoms with E-state index in [1.165, 1.54) is 18.4 Å². The van der Waals surface area contributed by atoms with Gasteiger partial charge >= 0.3 is 146 Å². The maximum absolute atomic E-state index is 12.1. The number of aryl methyl sites for hydroxylation is 1. The molecule has 0 radical (unpaired) electrons. The van der Waals surface area contributed by atoms with Crippen LogP contribution in [0.2, 0.25) is 0 Å². The van der Waals surface area contributed by atoms with Crippen molar-refractivity contribution < 1.29 is 65.0 Å². The topological polar surface area (TPSA) is 88.1 Å². The Kier molecular flexibility index (Phi) is 12.5. The Morgan fingerprint density at radius 2 is 1.27 bits per heavy atom. The minimum Gasteiger partial charge on any atom is -0.676 e. The van der Waals surface area contributed by atoms with E-state index in [1.54, 1.807) is 4.96 Å². The van der Waals surface area contributed by atoms with Crippen LogP contribution in [-0.2, 0) is 20.7 Å². The number of rotatable bonds is 4. The first-order chi connectivity index (χ1) is 18.5. The summed E-state index contributed by atoms with van der Waals surface area (Å²) in [6.07, 6.45) is -16.3. The molecule has 0 saturated heterocycles. The SMILES string of the molecule is Cc1cc([CH]=[Co])c(O)c(C(C)(C)c2ccccc2)c1.OC(F)(F)C(F)(C(F)(F)F)C(F)(F)F.[NH-]C1CCCCC1[NH-]. The van der Waals surface area contributed by atoms with Gasteiger partial charge in [-0.2, -0.15) is 47.2 Å². The largest absolute Gasteiger partial charge is 0.676 e. The summed E-state index contributed by atoms with van der Waals surface area (Å²) in [4.78, 5) is 1.64. The maximum Gasteiger partial charge on any atom is 0.440 e. The maximum atomic E-state index is 12.1. The molecule has 0 heterocycles. The van der Waals surface area contributed by atoms with Crippen molar-refractivity contribution in [2.24, 2.45) is 0 Å². The fourth-order valence-corrected chi connectivity index (χ4v) is 4.23. The van der Waals surface area contributed by atoms with Crippen molar-refractivity contribution in [1.29, 1.82) is 0 Å². The number of halogens is 9. The molecule has 0 aromatic heterocycles. The number of phenols is 1. The van der Waals surface area contributed by atoms with Crippen LogP contribution in [0, 0.1) is 6.92 Å². The van der Waals surface area contributed by atoms with E-state index in [-0.39, 0.29) is 17.5 Å². The number of aromatic hydroxyl groups is 1. The zero-order valence-electron chi connectivity index (χ0n) is 22.2. The molecular formula is C27H31CoF9N2O2-2. The number of nitrogens with one attached hydrogen (secondary N) is 2. The molecule has 1 aliphatic carbocycles. The third-order valence-electron chi connectivity index (χ3n) is 6.52. The van der Waals surface area contributed by atoms with Crippen LogP contribution in [0.25, 0.3) is 11.5 Å². The van der Waals surface area contributed by atoms with E-state index in [2.05, 4.69) is 41.3 Å². The average molecular weight is 645 g/mol. The van der Waals surface area contributed by atoms with Crippen molar-refractivity contribution in [2.75, 3.05) is 0 Å². The summed E-state index contributed by atoms with van der Waals surface area (Å²) in [7, 11) is 0. The van der Waals surface area contributed by atoms with Gasteiger partial charge in [-0.15, -0.1) is 0 Å². The fourth-order valence-electron chi connectivity index (χ4n) is 4.00. The van der Waals surface area contributed by atoms with Gasteiger partial charge in [-0.25, -0.2) is 4.39 Å². The molecule has 0 bridgehead atoms. The van der Waals surface area contributed by atoms with Crippen LogP contribution in [0.15, 0.2) is 42.5 Å². The summed E-state index contributed by atoms with van der Waals surface area (Å²) in [6.45, 7) is 6.28. The number of hydrogen-bond acceptors (Lipinski definition) is 2. The molecular weight excluding hydrogens is 614 g/mol. The minimum atomic E-state index is -6.97. The molecule has 2 unspecified atom stereocenters. The number of phenolic OH excluding ortho intramolecular Hbond substituents is 1. The summed E-state index contributed by atoms with van der Waals surface area (Å²) >= 11 is 4.22. The quantitative estimate of drug-likeness (QED) is 0.327. The molecule has 2 aromatic rings. The standard InChI is InChI=1S/C17H18O.C6H12N2.C4HF9O.Co/c1-12-10-13(2)16(18)15(11-12)17(3,4)14-8-6-5-7-9-14;7-5-3-1-2-4-6(5)8;5-1(2(6,7)8,3(9,10)11)4(12,13)14;/h2,5-11,18H,1,3-4H3;5-8H,1-4H2;14H;/q;-2;;. The van der Waals surface area contributed by atoms with Gasteiger partial charge < -0.3 is 16.6 Å². The monoisotopic (exact) mass is 645 g/mol. The molecule has 2 atom stereocenters. The van der Waals surface area contributed by atoms with Crippen molar-refractivity contribution in [3.8, 4) is 5.75 Å². The first-order valence-electron chi connectivity index (χ1n) is 12.2. The van der Waals surface area contributed by atoms with Crippen LogP contribution >= 0.6 is 0 Å². The van der Waals surface area contributed by atoms with Gasteiger partial charge in [0, 0.05) is 0 Å². The first-order valence-corrected chi connectivity index (χ1v) is 12.8. The Hall–Kier alpha value is -2.13. The zero-order chi connectivity index (χ0) is 32.0. The van der Waals surface area contributed by atoms with E-state index in [4.69, 9.17) is 16.6 Å². The van der Waals surface area contributed by atoms with Crippen molar-refractivity contribution in [1.82, 2.24) is 0 Å². The smallest absolute Gasteiger partial charge is 0.440 e. The predicted octanol–water partition coefficient (Wildman–Crippen LogP) is 8.53. The predicted molar refractivity (Wildman–Crippen MR) is 134 cm³/mol. The third kappa shape index (κ3) is 8.93. The Labute approximate surface area is 240 Å². The second kappa shape index (κ2) is 13.9. The summed E-state index contributed by atoms with van der Waals surface area (Å²) in [5, 5.41) is 17.7. The number of benzene rings is 2. The average Bonchev–Trinajstić information content (AvgIpc) is 2.85. The Bertz CT molecular complexity index is 1090. The van der Waals surface area contributed by atoms with Gasteiger partial charge in [-0.05, 0) is 0 Å². The molecule has 14 heteroatoms. The molecule has 235 valence electrons. The van der Waals surface area contributed by atoms with Crippen LogP contribution in [0.3, 0.4) is 0 Å². The van der Waals surface area contributed by atoms with E-state index in [0.29, 0.717) is 5.75 Å². The molecule has 3 rings (SSSR count). The molecule has 0 aliphatic heterocycles. The number of aliphatic hydroxyl groups is 1. The minimum absolute atomic E-state index is 0.0799. The molecule has 4 nitrogen and oxygen atoms in total. The molecule has 1 saturated carbocycles. The fraction of sp³-hybridized carbons (Fsp3) is 0.519. The van der Waals surface area contributed by atoms with Crippen molar-refractivity contribution in [3.05, 3.63) is 76.2 Å². The first kappa shape index (κ1) is 36.9. The van der Waals surface area contributed by atoms with E-state index in [9.17, 15) is 44.6 Å². The molecule has 1 fully saturated rings. The van der Waals surface area contributed by atoms with Gasteiger partial charge in [-0.1, -0.05) is 25.7 Å². The summed E-state index contributed by atoms with van der Waals surface area (Å²) in [5.74, 6) is 0.313. The Balaban J connectivity index is 0.000000335. The van der Waals surface area contributed by atoms with Gasteiger partial charge in [0.05, 0.1) is 0 Å². The van der Waals surface area contributed by atoms with Crippen molar-refractivity contribution in [2.45, 2.75) is 88.1 Å². The van der Waals surface area contributed by atoms with Crippen LogP contribution < -0.4 is 0 Å². The van der Waals surface area contributed by atoms with Gasteiger partial charge in [0.2, 0.25) is 0 Å². The van der Waals surface area contributed by atoms with E-state index < -0.39 is 24.1 Å².